The number of hydrogen-bond donors (Lipinski definition) is 0. The minimum absolute atomic E-state index is 0.0556. The average Bonchev–Trinajstić information content (AvgIpc) is 2.71. The summed E-state index contributed by atoms with van der Waals surface area (Å²) in [5, 5.41) is 0. The van der Waals surface area contributed by atoms with Crippen LogP contribution in [0.1, 0.15) is 34.3 Å². The van der Waals surface area contributed by atoms with Crippen molar-refractivity contribution in [2.45, 2.75) is 25.6 Å². The summed E-state index contributed by atoms with van der Waals surface area (Å²) >= 11 is 0. The lowest BCUT2D eigenvalue weighted by Gasteiger charge is -2.34. The summed E-state index contributed by atoms with van der Waals surface area (Å²) in [6.45, 7) is 3.97. The predicted molar refractivity (Wildman–Crippen MR) is 102 cm³/mol. The molecule has 148 valence electrons. The van der Waals surface area contributed by atoms with Crippen LogP contribution in [0.25, 0.3) is 6.08 Å². The summed E-state index contributed by atoms with van der Waals surface area (Å²) in [6.07, 6.45) is -2.27. The van der Waals surface area contributed by atoms with E-state index in [-0.39, 0.29) is 25.1 Å². The molecule has 1 heterocycles. The quantitative estimate of drug-likeness (QED) is 0.692. The van der Waals surface area contributed by atoms with E-state index < -0.39 is 18.0 Å². The number of carbonyl (C=O) groups is 1. The van der Waals surface area contributed by atoms with Gasteiger partial charge in [-0.25, -0.2) is 0 Å². The van der Waals surface area contributed by atoms with Crippen molar-refractivity contribution in [3.8, 4) is 5.75 Å². The Morgan fingerprint density at radius 1 is 1.21 bits per heavy atom. The van der Waals surface area contributed by atoms with Crippen molar-refractivity contribution < 1.29 is 22.7 Å². The summed E-state index contributed by atoms with van der Waals surface area (Å²) in [6, 6.07) is 14.5. The van der Waals surface area contributed by atoms with Crippen molar-refractivity contribution >= 4 is 12.0 Å². The first-order valence-corrected chi connectivity index (χ1v) is 9.17. The Bertz CT molecular complexity index is 833. The predicted octanol–water partition coefficient (Wildman–Crippen LogP) is 5.32. The van der Waals surface area contributed by atoms with Crippen molar-refractivity contribution in [1.29, 1.82) is 0 Å². The molecule has 3 nitrogen and oxygen atoms in total. The number of nitrogens with zero attached hydrogens (tertiary/aromatic N) is 1. The van der Waals surface area contributed by atoms with Crippen molar-refractivity contribution in [2.75, 3.05) is 13.1 Å². The van der Waals surface area contributed by atoms with Gasteiger partial charge in [-0.15, -0.1) is 0 Å². The summed E-state index contributed by atoms with van der Waals surface area (Å²) in [5.74, 6) is -1.57. The Morgan fingerprint density at radius 2 is 1.96 bits per heavy atom. The van der Waals surface area contributed by atoms with Crippen molar-refractivity contribution in [3.05, 3.63) is 71.8 Å². The molecule has 2 aromatic rings. The number of hydrogen-bond acceptors (Lipinski definition) is 2. The molecular weight excluding hydrogens is 367 g/mol. The molecule has 1 atom stereocenters. The summed E-state index contributed by atoms with van der Waals surface area (Å²) in [7, 11) is 0. The fourth-order valence-electron chi connectivity index (χ4n) is 3.30. The lowest BCUT2D eigenvalue weighted by Crippen LogP contribution is -2.44. The lowest BCUT2D eigenvalue weighted by molar-refractivity contribution is -0.184. The fourth-order valence-corrected chi connectivity index (χ4v) is 3.30. The Hall–Kier alpha value is -2.76. The highest BCUT2D eigenvalue weighted by Crippen LogP contribution is 2.34. The van der Waals surface area contributed by atoms with Crippen LogP contribution in [0, 0.1) is 5.92 Å². The smallest absolute Gasteiger partial charge is 0.393 e. The van der Waals surface area contributed by atoms with Crippen LogP contribution in [0.5, 0.6) is 5.75 Å². The normalized spacial score (nSPS) is 17.2. The van der Waals surface area contributed by atoms with Gasteiger partial charge in [-0.2, -0.15) is 13.2 Å². The van der Waals surface area contributed by atoms with Crippen LogP contribution < -0.4 is 4.74 Å². The van der Waals surface area contributed by atoms with Gasteiger partial charge >= 0.3 is 6.18 Å². The van der Waals surface area contributed by atoms with Crippen LogP contribution in [0.4, 0.5) is 13.2 Å². The van der Waals surface area contributed by atoms with E-state index in [1.165, 1.54) is 4.90 Å². The first kappa shape index (κ1) is 20.0. The highest BCUT2D eigenvalue weighted by molar-refractivity contribution is 5.97. The van der Waals surface area contributed by atoms with Crippen LogP contribution in [0.15, 0.2) is 55.1 Å². The second-order valence-corrected chi connectivity index (χ2v) is 6.87. The summed E-state index contributed by atoms with van der Waals surface area (Å²) < 4.78 is 45.1. The molecule has 0 bridgehead atoms. The zero-order valence-electron chi connectivity index (χ0n) is 15.4. The van der Waals surface area contributed by atoms with E-state index in [2.05, 4.69) is 6.58 Å². The molecule has 28 heavy (non-hydrogen) atoms. The molecule has 0 aromatic heterocycles. The number of carbonyl (C=O) groups excluding carboxylic acids is 1. The molecule has 1 saturated heterocycles. The van der Waals surface area contributed by atoms with Gasteiger partial charge in [-0.1, -0.05) is 49.1 Å². The molecule has 1 aliphatic rings. The van der Waals surface area contributed by atoms with E-state index >= 15 is 0 Å². The maximum absolute atomic E-state index is 13.1. The van der Waals surface area contributed by atoms with Gasteiger partial charge in [0.05, 0.1) is 11.5 Å². The average molecular weight is 389 g/mol. The van der Waals surface area contributed by atoms with Crippen LogP contribution in [0.3, 0.4) is 0 Å². The molecule has 1 amide bonds. The molecule has 0 radical (unpaired) electrons. The number of alkyl halides is 3. The van der Waals surface area contributed by atoms with E-state index in [1.807, 2.05) is 30.3 Å². The minimum atomic E-state index is -4.29. The van der Waals surface area contributed by atoms with Gasteiger partial charge in [-0.3, -0.25) is 4.79 Å². The van der Waals surface area contributed by atoms with Gasteiger partial charge < -0.3 is 9.64 Å². The molecule has 3 rings (SSSR count). The Kier molecular flexibility index (Phi) is 6.07. The van der Waals surface area contributed by atoms with E-state index in [1.54, 1.807) is 24.3 Å². The molecule has 1 unspecified atom stereocenters. The molecular formula is C22H22F3NO2. The van der Waals surface area contributed by atoms with Gasteiger partial charge in [0.1, 0.15) is 12.4 Å². The lowest BCUT2D eigenvalue weighted by atomic mass is 9.96. The van der Waals surface area contributed by atoms with E-state index in [0.29, 0.717) is 18.7 Å². The highest BCUT2D eigenvalue weighted by Gasteiger charge is 2.43. The van der Waals surface area contributed by atoms with Gasteiger partial charge in [0.2, 0.25) is 0 Å². The Balaban J connectivity index is 1.81. The van der Waals surface area contributed by atoms with E-state index in [4.69, 9.17) is 4.74 Å². The molecule has 1 aliphatic heterocycles. The number of rotatable bonds is 5. The number of piperidine rings is 1. The minimum Gasteiger partial charge on any atom is -0.488 e. The molecule has 0 saturated carbocycles. The van der Waals surface area contributed by atoms with Crippen LogP contribution >= 0.6 is 0 Å². The fraction of sp³-hybridized carbons (Fsp3) is 0.318. The molecule has 2 aromatic carbocycles. The van der Waals surface area contributed by atoms with Crippen LogP contribution in [-0.4, -0.2) is 30.1 Å². The molecule has 0 N–H and O–H groups in total. The molecule has 1 fully saturated rings. The second kappa shape index (κ2) is 8.50. The SMILES string of the molecule is C=Cc1ccc(C(=O)N2CCCC(C(F)(F)F)C2)c(OCc2ccccc2)c1. The van der Waals surface area contributed by atoms with Crippen molar-refractivity contribution in [1.82, 2.24) is 4.90 Å². The van der Waals surface area contributed by atoms with Gasteiger partial charge in [0.25, 0.3) is 5.91 Å². The maximum atomic E-state index is 13.1. The first-order chi connectivity index (χ1) is 13.4. The number of ether oxygens (including phenoxy) is 1. The van der Waals surface area contributed by atoms with Crippen LogP contribution in [-0.2, 0) is 6.61 Å². The summed E-state index contributed by atoms with van der Waals surface area (Å²) in [4.78, 5) is 14.2. The Labute approximate surface area is 162 Å². The van der Waals surface area contributed by atoms with E-state index in [0.717, 1.165) is 11.1 Å². The molecule has 0 spiro atoms. The van der Waals surface area contributed by atoms with Gasteiger partial charge in [-0.05, 0) is 36.1 Å². The second-order valence-electron chi connectivity index (χ2n) is 6.87. The number of amides is 1. The van der Waals surface area contributed by atoms with Gasteiger partial charge in [0.15, 0.2) is 0 Å². The van der Waals surface area contributed by atoms with Gasteiger partial charge in [0, 0.05) is 13.1 Å². The van der Waals surface area contributed by atoms with E-state index in [9.17, 15) is 18.0 Å². The maximum Gasteiger partial charge on any atom is 0.393 e. The third-order valence-corrected chi connectivity index (χ3v) is 4.88. The standard InChI is InChI=1S/C22H22F3NO2/c1-2-16-10-11-19(20(13-16)28-15-17-7-4-3-5-8-17)21(27)26-12-6-9-18(14-26)22(23,24)25/h2-5,7-8,10-11,13,18H,1,6,9,12,14-15H2. The number of likely N-dealkylation sites (tertiary alicyclic amines) is 1. The first-order valence-electron chi connectivity index (χ1n) is 9.17. The topological polar surface area (TPSA) is 29.5 Å². The number of benzene rings is 2. The molecule has 6 heteroatoms. The monoisotopic (exact) mass is 389 g/mol. The largest absolute Gasteiger partial charge is 0.488 e. The third-order valence-electron chi connectivity index (χ3n) is 4.88. The Morgan fingerprint density at radius 3 is 2.64 bits per heavy atom. The third kappa shape index (κ3) is 4.74. The van der Waals surface area contributed by atoms with Crippen LogP contribution in [0.2, 0.25) is 0 Å². The summed E-state index contributed by atoms with van der Waals surface area (Å²) in [5.41, 5.74) is 1.97. The van der Waals surface area contributed by atoms with Crippen molar-refractivity contribution in [2.24, 2.45) is 5.92 Å². The molecule has 0 aliphatic carbocycles. The van der Waals surface area contributed by atoms with Crippen molar-refractivity contribution in [3.63, 3.8) is 0 Å². The number of halogens is 3. The zero-order chi connectivity index (χ0) is 20.1. The zero-order valence-corrected chi connectivity index (χ0v) is 15.4. The highest BCUT2D eigenvalue weighted by atomic mass is 19.4.